The Morgan fingerprint density at radius 3 is 2.73 bits per heavy atom. The molecule has 3 aliphatic carbocycles. The Morgan fingerprint density at radius 2 is 2.03 bits per heavy atom. The van der Waals surface area contributed by atoms with Crippen molar-refractivity contribution in [1.82, 2.24) is 0 Å². The molecule has 0 aromatic rings. The first-order valence-corrected chi connectivity index (χ1v) is 12.0. The highest BCUT2D eigenvalue weighted by Crippen LogP contribution is 2.60. The average molecular weight is 415 g/mol. The number of carbonyl (C=O) groups is 1. The monoisotopic (exact) mass is 414 g/mol. The molecule has 0 saturated heterocycles. The van der Waals surface area contributed by atoms with Crippen molar-refractivity contribution in [2.75, 3.05) is 0 Å². The summed E-state index contributed by atoms with van der Waals surface area (Å²) in [6.45, 7) is 12.8. The fourth-order valence-corrected chi connectivity index (χ4v) is 6.60. The number of allylic oxidation sites excluding steroid dienone is 3. The van der Waals surface area contributed by atoms with Crippen LogP contribution in [-0.4, -0.2) is 27.7 Å². The van der Waals surface area contributed by atoms with E-state index in [-0.39, 0.29) is 12.2 Å². The predicted molar refractivity (Wildman–Crippen MR) is 123 cm³/mol. The van der Waals surface area contributed by atoms with Crippen LogP contribution in [0.3, 0.4) is 0 Å². The molecule has 3 fully saturated rings. The standard InChI is InChI=1S/C27H42O3/c1-18(8-6-14-26(3,4)30)23-12-13-24-20(9-7-15-27(23,24)5)10-11-21-16-22(28)17-25(29)19(21)2/h10-11,18,23-25,29-30H,2,6-9,12-17H2,1,3-5H3/b20-10+,21-11-. The van der Waals surface area contributed by atoms with Crippen LogP contribution >= 0.6 is 0 Å². The fraction of sp³-hybridized carbons (Fsp3) is 0.741. The van der Waals surface area contributed by atoms with Crippen LogP contribution in [0.15, 0.2) is 35.5 Å². The van der Waals surface area contributed by atoms with Gasteiger partial charge in [0.15, 0.2) is 0 Å². The van der Waals surface area contributed by atoms with E-state index in [0.717, 1.165) is 36.3 Å². The van der Waals surface area contributed by atoms with Gasteiger partial charge in [-0.25, -0.2) is 0 Å². The second-order valence-corrected chi connectivity index (χ2v) is 11.2. The molecule has 5 unspecified atom stereocenters. The number of rotatable bonds is 6. The van der Waals surface area contributed by atoms with Crippen LogP contribution in [0.5, 0.6) is 0 Å². The third kappa shape index (κ3) is 5.16. The largest absolute Gasteiger partial charge is 0.390 e. The zero-order valence-electron chi connectivity index (χ0n) is 19.5. The summed E-state index contributed by atoms with van der Waals surface area (Å²) in [6.07, 6.45) is 13.6. The first-order valence-electron chi connectivity index (χ1n) is 12.0. The van der Waals surface area contributed by atoms with E-state index in [4.69, 9.17) is 0 Å². The highest BCUT2D eigenvalue weighted by molar-refractivity contribution is 5.85. The summed E-state index contributed by atoms with van der Waals surface area (Å²) in [6, 6.07) is 0. The van der Waals surface area contributed by atoms with Crippen LogP contribution in [0.1, 0.15) is 91.9 Å². The van der Waals surface area contributed by atoms with Gasteiger partial charge >= 0.3 is 0 Å². The lowest BCUT2D eigenvalue weighted by Gasteiger charge is -2.44. The lowest BCUT2D eigenvalue weighted by molar-refractivity contribution is -0.120. The van der Waals surface area contributed by atoms with Gasteiger partial charge in [-0.15, -0.1) is 0 Å². The van der Waals surface area contributed by atoms with Gasteiger partial charge in [-0.3, -0.25) is 4.79 Å². The Hall–Kier alpha value is -1.19. The van der Waals surface area contributed by atoms with E-state index in [1.54, 1.807) is 0 Å². The zero-order valence-corrected chi connectivity index (χ0v) is 19.5. The third-order valence-electron chi connectivity index (χ3n) is 8.29. The van der Waals surface area contributed by atoms with E-state index in [2.05, 4.69) is 32.6 Å². The predicted octanol–water partition coefficient (Wildman–Crippen LogP) is 5.91. The van der Waals surface area contributed by atoms with Crippen molar-refractivity contribution in [3.8, 4) is 0 Å². The van der Waals surface area contributed by atoms with Crippen LogP contribution in [0.25, 0.3) is 0 Å². The Bertz CT molecular complexity index is 723. The minimum atomic E-state index is -0.715. The number of ketones is 1. The smallest absolute Gasteiger partial charge is 0.140 e. The molecule has 3 saturated carbocycles. The van der Waals surface area contributed by atoms with Gasteiger partial charge in [0, 0.05) is 12.8 Å². The second kappa shape index (κ2) is 9.12. The van der Waals surface area contributed by atoms with E-state index in [0.29, 0.717) is 23.7 Å². The minimum absolute atomic E-state index is 0.105. The first kappa shape index (κ1) is 23.5. The third-order valence-corrected chi connectivity index (χ3v) is 8.29. The molecule has 0 heterocycles. The maximum atomic E-state index is 11.9. The van der Waals surface area contributed by atoms with Crippen LogP contribution in [0, 0.1) is 23.2 Å². The summed E-state index contributed by atoms with van der Waals surface area (Å²) >= 11 is 0. The normalized spacial score (nSPS) is 36.4. The van der Waals surface area contributed by atoms with Gasteiger partial charge in [-0.2, -0.15) is 0 Å². The molecule has 3 rings (SSSR count). The molecule has 0 radical (unpaired) electrons. The number of Topliss-reactive ketones (excluding diaryl/α,β-unsaturated/α-hetero) is 1. The topological polar surface area (TPSA) is 57.5 Å². The maximum Gasteiger partial charge on any atom is 0.140 e. The van der Waals surface area contributed by atoms with Gasteiger partial charge in [-0.05, 0) is 86.7 Å². The molecule has 0 spiro atoms. The van der Waals surface area contributed by atoms with Gasteiger partial charge in [0.1, 0.15) is 5.78 Å². The molecule has 0 amide bonds. The van der Waals surface area contributed by atoms with Gasteiger partial charge in [0.2, 0.25) is 0 Å². The molecule has 0 bridgehead atoms. The van der Waals surface area contributed by atoms with Crippen molar-refractivity contribution in [3.05, 3.63) is 35.5 Å². The Morgan fingerprint density at radius 1 is 1.30 bits per heavy atom. The average Bonchev–Trinajstić information content (AvgIpc) is 3.00. The number of aliphatic hydroxyl groups excluding tert-OH is 1. The van der Waals surface area contributed by atoms with Crippen LogP contribution < -0.4 is 0 Å². The maximum absolute atomic E-state index is 11.9. The van der Waals surface area contributed by atoms with Crippen molar-refractivity contribution >= 4 is 5.78 Å². The van der Waals surface area contributed by atoms with Crippen molar-refractivity contribution in [2.24, 2.45) is 23.2 Å². The molecule has 3 aliphatic rings. The number of fused-ring (bicyclic) bond motifs is 1. The summed E-state index contributed by atoms with van der Waals surface area (Å²) in [5.74, 6) is 2.16. The summed E-state index contributed by atoms with van der Waals surface area (Å²) in [5.41, 5.74) is 2.95. The van der Waals surface area contributed by atoms with E-state index in [1.807, 2.05) is 13.8 Å². The lowest BCUT2D eigenvalue weighted by Crippen LogP contribution is -2.36. The van der Waals surface area contributed by atoms with Crippen LogP contribution in [0.2, 0.25) is 0 Å². The van der Waals surface area contributed by atoms with Gasteiger partial charge < -0.3 is 10.2 Å². The molecular formula is C27H42O3. The van der Waals surface area contributed by atoms with Crippen molar-refractivity contribution in [2.45, 2.75) is 104 Å². The van der Waals surface area contributed by atoms with Crippen molar-refractivity contribution in [1.29, 1.82) is 0 Å². The van der Waals surface area contributed by atoms with E-state index >= 15 is 0 Å². The highest BCUT2D eigenvalue weighted by Gasteiger charge is 2.50. The van der Waals surface area contributed by atoms with Crippen molar-refractivity contribution in [3.63, 3.8) is 0 Å². The summed E-state index contributed by atoms with van der Waals surface area (Å²) < 4.78 is 0. The Kier molecular flexibility index (Phi) is 7.14. The van der Waals surface area contributed by atoms with Crippen LogP contribution in [0.4, 0.5) is 0 Å². The second-order valence-electron chi connectivity index (χ2n) is 11.2. The molecule has 5 atom stereocenters. The van der Waals surface area contributed by atoms with Crippen LogP contribution in [-0.2, 0) is 4.79 Å². The van der Waals surface area contributed by atoms with Gasteiger partial charge in [-0.1, -0.05) is 51.0 Å². The Labute approximate surface area is 183 Å². The molecule has 168 valence electrons. The van der Waals surface area contributed by atoms with Gasteiger partial charge in [0.05, 0.1) is 11.7 Å². The first-order chi connectivity index (χ1) is 14.0. The quantitative estimate of drug-likeness (QED) is 0.568. The summed E-state index contributed by atoms with van der Waals surface area (Å²) in [4.78, 5) is 11.9. The minimum Gasteiger partial charge on any atom is -0.390 e. The SMILES string of the molecule is C=C1/C(=C\C=C2/CCCC3(C)C2CCC3C(C)CCCC(C)(C)O)CC(=O)CC1O. The van der Waals surface area contributed by atoms with Gasteiger partial charge in [0.25, 0.3) is 0 Å². The molecular weight excluding hydrogens is 372 g/mol. The van der Waals surface area contributed by atoms with E-state index in [1.165, 1.54) is 37.7 Å². The molecule has 30 heavy (non-hydrogen) atoms. The van der Waals surface area contributed by atoms with E-state index in [9.17, 15) is 15.0 Å². The van der Waals surface area contributed by atoms with E-state index < -0.39 is 11.7 Å². The fourth-order valence-electron chi connectivity index (χ4n) is 6.60. The molecule has 0 aromatic carbocycles. The lowest BCUT2D eigenvalue weighted by atomic mass is 9.60. The number of hydrogen-bond donors (Lipinski definition) is 2. The zero-order chi connectivity index (χ0) is 22.1. The molecule has 3 heteroatoms. The van der Waals surface area contributed by atoms with Crippen molar-refractivity contribution < 1.29 is 15.0 Å². The molecule has 2 N–H and O–H groups in total. The summed E-state index contributed by atoms with van der Waals surface area (Å²) in [7, 11) is 0. The molecule has 3 nitrogen and oxygen atoms in total. The highest BCUT2D eigenvalue weighted by atomic mass is 16.3. The number of carbonyl (C=O) groups excluding carboxylic acids is 1. The Balaban J connectivity index is 1.71. The molecule has 0 aliphatic heterocycles. The molecule has 0 aromatic heterocycles. The summed E-state index contributed by atoms with van der Waals surface area (Å²) in [5, 5.41) is 20.1. The number of aliphatic hydroxyl groups is 2. The number of hydrogen-bond acceptors (Lipinski definition) is 3.